The zero-order valence-corrected chi connectivity index (χ0v) is 14.4. The molecule has 0 aliphatic heterocycles. The van der Waals surface area contributed by atoms with Crippen LogP contribution in [0.1, 0.15) is 18.9 Å². The van der Waals surface area contributed by atoms with E-state index in [-0.39, 0.29) is 0 Å². The van der Waals surface area contributed by atoms with Crippen LogP contribution in [0.25, 0.3) is 0 Å². The molecule has 0 saturated heterocycles. The van der Waals surface area contributed by atoms with Crippen molar-refractivity contribution in [2.75, 3.05) is 26.2 Å². The van der Waals surface area contributed by atoms with Crippen molar-refractivity contribution in [2.45, 2.75) is 25.9 Å². The number of rotatable bonds is 8. The maximum Gasteiger partial charge on any atom is 0.161 e. The maximum absolute atomic E-state index is 5.33. The van der Waals surface area contributed by atoms with Gasteiger partial charge in [0.2, 0.25) is 0 Å². The van der Waals surface area contributed by atoms with E-state index in [1.54, 1.807) is 14.2 Å². The van der Waals surface area contributed by atoms with Crippen LogP contribution in [0.4, 0.5) is 0 Å². The van der Waals surface area contributed by atoms with Crippen LogP contribution in [0.3, 0.4) is 0 Å². The van der Waals surface area contributed by atoms with Crippen LogP contribution in [-0.4, -0.2) is 32.3 Å². The second-order valence-electron chi connectivity index (χ2n) is 4.24. The van der Waals surface area contributed by atoms with E-state index >= 15 is 0 Å². The molecule has 19 heavy (non-hydrogen) atoms. The summed E-state index contributed by atoms with van der Waals surface area (Å²) < 4.78 is 11.7. The topological polar surface area (TPSA) is 30.5 Å². The molecule has 0 radical (unpaired) electrons. The lowest BCUT2D eigenvalue weighted by Gasteiger charge is -2.17. The number of benzene rings is 1. The molecule has 3 nitrogen and oxygen atoms in total. The molecular formula is C14H22BrNO2S. The summed E-state index contributed by atoms with van der Waals surface area (Å²) in [4.78, 5) is 0. The third-order valence-corrected chi connectivity index (χ3v) is 4.47. The average Bonchev–Trinajstić information content (AvgIpc) is 2.44. The molecule has 1 rings (SSSR count). The Balaban J connectivity index is 2.77. The summed E-state index contributed by atoms with van der Waals surface area (Å²) >= 11 is 5.45. The number of hydrogen-bond donors (Lipinski definition) is 1. The summed E-state index contributed by atoms with van der Waals surface area (Å²) in [6.45, 7) is 3.03. The van der Waals surface area contributed by atoms with Crippen molar-refractivity contribution >= 4 is 27.7 Å². The molecule has 0 amide bonds. The summed E-state index contributed by atoms with van der Waals surface area (Å²) in [6, 6.07) is 4.50. The van der Waals surface area contributed by atoms with Gasteiger partial charge in [-0.25, -0.2) is 0 Å². The molecule has 0 heterocycles. The Morgan fingerprint density at radius 3 is 2.42 bits per heavy atom. The molecule has 1 atom stereocenters. The van der Waals surface area contributed by atoms with Crippen molar-refractivity contribution in [1.29, 1.82) is 0 Å². The van der Waals surface area contributed by atoms with Crippen LogP contribution >= 0.6 is 27.7 Å². The highest BCUT2D eigenvalue weighted by molar-refractivity contribution is 9.10. The van der Waals surface area contributed by atoms with E-state index in [1.807, 2.05) is 23.9 Å². The second-order valence-corrected chi connectivity index (χ2v) is 6.01. The first-order valence-corrected chi connectivity index (χ1v) is 8.47. The largest absolute Gasteiger partial charge is 0.493 e. The summed E-state index contributed by atoms with van der Waals surface area (Å²) in [5.74, 6) is 2.64. The lowest BCUT2D eigenvalue weighted by Crippen LogP contribution is -2.30. The van der Waals surface area contributed by atoms with E-state index in [0.29, 0.717) is 6.04 Å². The van der Waals surface area contributed by atoms with Gasteiger partial charge in [-0.1, -0.05) is 22.9 Å². The minimum atomic E-state index is 0.537. The molecule has 0 aliphatic carbocycles. The van der Waals surface area contributed by atoms with Crippen LogP contribution in [0.15, 0.2) is 16.6 Å². The third-order valence-electron chi connectivity index (χ3n) is 2.99. The number of nitrogens with one attached hydrogen (secondary N) is 1. The first kappa shape index (κ1) is 16.7. The number of halogens is 1. The fourth-order valence-electron chi connectivity index (χ4n) is 1.81. The summed E-state index contributed by atoms with van der Waals surface area (Å²) in [5.41, 5.74) is 1.18. The molecule has 1 aromatic carbocycles. The van der Waals surface area contributed by atoms with Crippen molar-refractivity contribution in [1.82, 2.24) is 5.32 Å². The van der Waals surface area contributed by atoms with E-state index in [0.717, 1.165) is 34.7 Å². The van der Waals surface area contributed by atoms with Gasteiger partial charge in [-0.05, 0) is 30.4 Å². The Hall–Kier alpha value is -0.390. The molecule has 0 bridgehead atoms. The van der Waals surface area contributed by atoms with Crippen molar-refractivity contribution < 1.29 is 9.47 Å². The molecule has 108 valence electrons. The van der Waals surface area contributed by atoms with Gasteiger partial charge in [0.25, 0.3) is 0 Å². The van der Waals surface area contributed by atoms with Crippen LogP contribution in [0.2, 0.25) is 0 Å². The van der Waals surface area contributed by atoms with Gasteiger partial charge in [0, 0.05) is 22.8 Å². The minimum absolute atomic E-state index is 0.537. The molecule has 1 aromatic rings. The summed E-state index contributed by atoms with van der Waals surface area (Å²) in [6.07, 6.45) is 3.27. The smallest absolute Gasteiger partial charge is 0.161 e. The van der Waals surface area contributed by atoms with E-state index in [2.05, 4.69) is 34.4 Å². The van der Waals surface area contributed by atoms with Gasteiger partial charge >= 0.3 is 0 Å². The van der Waals surface area contributed by atoms with Crippen LogP contribution in [-0.2, 0) is 6.54 Å². The van der Waals surface area contributed by atoms with Gasteiger partial charge in [-0.3, -0.25) is 0 Å². The zero-order chi connectivity index (χ0) is 14.3. The van der Waals surface area contributed by atoms with E-state index in [4.69, 9.17) is 9.47 Å². The number of hydrogen-bond acceptors (Lipinski definition) is 4. The fourth-order valence-corrected chi connectivity index (χ4v) is 3.03. The fraction of sp³-hybridized carbons (Fsp3) is 0.571. The molecule has 0 saturated carbocycles. The van der Waals surface area contributed by atoms with Crippen molar-refractivity contribution in [2.24, 2.45) is 0 Å². The second kappa shape index (κ2) is 8.72. The molecule has 1 unspecified atom stereocenters. The standard InChI is InChI=1S/C14H22BrNO2S/c1-5-11(9-19-4)16-8-10-6-13(17-2)14(18-3)7-12(10)15/h6-7,11,16H,5,8-9H2,1-4H3. The maximum atomic E-state index is 5.33. The SMILES string of the molecule is CCC(CSC)NCc1cc(OC)c(OC)cc1Br. The van der Waals surface area contributed by atoms with Gasteiger partial charge in [0.1, 0.15) is 0 Å². The highest BCUT2D eigenvalue weighted by Gasteiger charge is 2.11. The van der Waals surface area contributed by atoms with E-state index < -0.39 is 0 Å². The predicted octanol–water partition coefficient (Wildman–Crippen LogP) is 3.70. The lowest BCUT2D eigenvalue weighted by atomic mass is 10.1. The summed E-state index contributed by atoms with van der Waals surface area (Å²) in [7, 11) is 3.30. The van der Waals surface area contributed by atoms with Crippen molar-refractivity contribution in [3.63, 3.8) is 0 Å². The zero-order valence-electron chi connectivity index (χ0n) is 12.0. The normalized spacial score (nSPS) is 12.3. The Morgan fingerprint density at radius 1 is 1.26 bits per heavy atom. The lowest BCUT2D eigenvalue weighted by molar-refractivity contribution is 0.354. The monoisotopic (exact) mass is 347 g/mol. The van der Waals surface area contributed by atoms with Crippen LogP contribution in [0, 0.1) is 0 Å². The van der Waals surface area contributed by atoms with Crippen LogP contribution in [0.5, 0.6) is 11.5 Å². The molecule has 0 aliphatic rings. The number of ether oxygens (including phenoxy) is 2. The first-order chi connectivity index (χ1) is 9.15. The van der Waals surface area contributed by atoms with Gasteiger partial charge in [-0.2, -0.15) is 11.8 Å². The summed E-state index contributed by atoms with van der Waals surface area (Å²) in [5, 5.41) is 3.57. The van der Waals surface area contributed by atoms with Crippen LogP contribution < -0.4 is 14.8 Å². The van der Waals surface area contributed by atoms with Crippen molar-refractivity contribution in [3.8, 4) is 11.5 Å². The van der Waals surface area contributed by atoms with Gasteiger partial charge < -0.3 is 14.8 Å². The molecule has 0 aromatic heterocycles. The third kappa shape index (κ3) is 4.89. The Kier molecular flexibility index (Phi) is 7.64. The van der Waals surface area contributed by atoms with Gasteiger partial charge in [0.05, 0.1) is 14.2 Å². The Bertz CT molecular complexity index is 401. The molecule has 0 fully saturated rings. The quantitative estimate of drug-likeness (QED) is 0.776. The highest BCUT2D eigenvalue weighted by Crippen LogP contribution is 2.33. The van der Waals surface area contributed by atoms with E-state index in [1.165, 1.54) is 5.56 Å². The average molecular weight is 348 g/mol. The Morgan fingerprint density at radius 2 is 1.89 bits per heavy atom. The Labute approximate surface area is 128 Å². The number of thioether (sulfide) groups is 1. The first-order valence-electron chi connectivity index (χ1n) is 6.28. The minimum Gasteiger partial charge on any atom is -0.493 e. The molecule has 0 spiro atoms. The molecular weight excluding hydrogens is 326 g/mol. The van der Waals surface area contributed by atoms with Crippen molar-refractivity contribution in [3.05, 3.63) is 22.2 Å². The van der Waals surface area contributed by atoms with Gasteiger partial charge in [0.15, 0.2) is 11.5 Å². The highest BCUT2D eigenvalue weighted by atomic mass is 79.9. The van der Waals surface area contributed by atoms with Gasteiger partial charge in [-0.15, -0.1) is 0 Å². The molecule has 5 heteroatoms. The molecule has 1 N–H and O–H groups in total. The number of methoxy groups -OCH3 is 2. The predicted molar refractivity (Wildman–Crippen MR) is 86.5 cm³/mol. The van der Waals surface area contributed by atoms with E-state index in [9.17, 15) is 0 Å².